The summed E-state index contributed by atoms with van der Waals surface area (Å²) in [4.78, 5) is 14.4. The van der Waals surface area contributed by atoms with E-state index in [1.807, 2.05) is 47.8 Å². The third-order valence-electron chi connectivity index (χ3n) is 6.07. The molecule has 0 unspecified atom stereocenters. The van der Waals surface area contributed by atoms with Gasteiger partial charge in [-0.1, -0.05) is 30.7 Å². The van der Waals surface area contributed by atoms with E-state index in [0.29, 0.717) is 30.2 Å². The van der Waals surface area contributed by atoms with Gasteiger partial charge < -0.3 is 10.1 Å². The highest BCUT2D eigenvalue weighted by Crippen LogP contribution is 2.32. The van der Waals surface area contributed by atoms with E-state index < -0.39 is 15.9 Å². The molecule has 0 radical (unpaired) electrons. The molecule has 0 aliphatic carbocycles. The van der Waals surface area contributed by atoms with Gasteiger partial charge in [0, 0.05) is 18.8 Å². The predicted molar refractivity (Wildman–Crippen MR) is 140 cm³/mol. The van der Waals surface area contributed by atoms with Crippen molar-refractivity contribution in [2.75, 3.05) is 25.5 Å². The number of amides is 1. The summed E-state index contributed by atoms with van der Waals surface area (Å²) in [5.41, 5.74) is 2.12. The van der Waals surface area contributed by atoms with E-state index in [1.54, 1.807) is 22.9 Å². The number of methoxy groups -OCH3 is 1. The van der Waals surface area contributed by atoms with E-state index in [2.05, 4.69) is 10.4 Å². The first-order valence-corrected chi connectivity index (χ1v) is 14.0. The van der Waals surface area contributed by atoms with E-state index in [1.165, 1.54) is 28.8 Å². The van der Waals surface area contributed by atoms with Crippen molar-refractivity contribution >= 4 is 33.0 Å². The Hall–Kier alpha value is -3.47. The van der Waals surface area contributed by atoms with Crippen molar-refractivity contribution in [3.05, 3.63) is 77.8 Å². The van der Waals surface area contributed by atoms with E-state index in [-0.39, 0.29) is 10.6 Å². The highest BCUT2D eigenvalue weighted by molar-refractivity contribution is 7.89. The number of sulfonamides is 1. The number of benzene rings is 2. The number of carbonyl (C=O) groups excluding carboxylic acids is 1. The molecule has 36 heavy (non-hydrogen) atoms. The van der Waals surface area contributed by atoms with Crippen molar-refractivity contribution in [1.82, 2.24) is 14.1 Å². The molecule has 1 fully saturated rings. The van der Waals surface area contributed by atoms with Gasteiger partial charge in [-0.25, -0.2) is 13.1 Å². The number of ether oxygens (including phenoxy) is 1. The minimum Gasteiger partial charge on any atom is -0.495 e. The summed E-state index contributed by atoms with van der Waals surface area (Å²) in [6.45, 7) is 0.952. The number of hydrogen-bond donors (Lipinski definition) is 1. The zero-order chi connectivity index (χ0) is 25.1. The number of hydrogen-bond acceptors (Lipinski definition) is 6. The zero-order valence-corrected chi connectivity index (χ0v) is 21.4. The molecule has 0 spiro atoms. The fraction of sp³-hybridized carbons (Fsp3) is 0.231. The number of rotatable bonds is 7. The standard InChI is InChI=1S/C26H26N4O4S2/c1-34-23-13-12-19(17-25(23)36(32,33)29-14-6-3-7-15-29)27-26(31)22-18-21(24-11-8-16-35-24)28-30(22)20-9-4-2-5-10-20/h2,4-5,8-13,16-18H,3,6-7,14-15H2,1H3,(H,27,31). The van der Waals surface area contributed by atoms with Crippen LogP contribution < -0.4 is 10.1 Å². The van der Waals surface area contributed by atoms with Crippen LogP contribution in [0.2, 0.25) is 0 Å². The van der Waals surface area contributed by atoms with E-state index in [4.69, 9.17) is 4.74 Å². The average Bonchev–Trinajstić information content (AvgIpc) is 3.60. The first kappa shape index (κ1) is 24.2. The molecule has 2 aromatic carbocycles. The second kappa shape index (κ2) is 10.3. The van der Waals surface area contributed by atoms with Crippen LogP contribution in [-0.4, -0.2) is 48.6 Å². The number of nitrogens with one attached hydrogen (secondary N) is 1. The lowest BCUT2D eigenvalue weighted by Crippen LogP contribution is -2.35. The summed E-state index contributed by atoms with van der Waals surface area (Å²) in [5.74, 6) is -0.159. The molecule has 0 bridgehead atoms. The minimum absolute atomic E-state index is 0.0422. The van der Waals surface area contributed by atoms with Gasteiger partial charge in [-0.3, -0.25) is 4.79 Å². The van der Waals surface area contributed by atoms with Gasteiger partial charge in [0.05, 0.1) is 17.7 Å². The first-order valence-electron chi connectivity index (χ1n) is 11.7. The monoisotopic (exact) mass is 522 g/mol. The number of nitrogens with zero attached hydrogens (tertiary/aromatic N) is 3. The van der Waals surface area contributed by atoms with Crippen LogP contribution in [0.1, 0.15) is 29.8 Å². The van der Waals surface area contributed by atoms with Gasteiger partial charge in [0.2, 0.25) is 10.0 Å². The van der Waals surface area contributed by atoms with Crippen LogP contribution in [0.4, 0.5) is 5.69 Å². The normalized spacial score (nSPS) is 14.5. The summed E-state index contributed by atoms with van der Waals surface area (Å²) in [6.07, 6.45) is 2.67. The van der Waals surface area contributed by atoms with Crippen molar-refractivity contribution in [3.63, 3.8) is 0 Å². The summed E-state index contributed by atoms with van der Waals surface area (Å²) in [5, 5.41) is 9.49. The average molecular weight is 523 g/mol. The number of aromatic nitrogens is 2. The Morgan fingerprint density at radius 3 is 2.47 bits per heavy atom. The van der Waals surface area contributed by atoms with Crippen molar-refractivity contribution in [2.45, 2.75) is 24.2 Å². The van der Waals surface area contributed by atoms with Gasteiger partial charge in [-0.05, 0) is 60.7 Å². The Morgan fingerprint density at radius 1 is 1.00 bits per heavy atom. The van der Waals surface area contributed by atoms with Gasteiger partial charge in [0.1, 0.15) is 22.0 Å². The van der Waals surface area contributed by atoms with Crippen molar-refractivity contribution in [1.29, 1.82) is 0 Å². The van der Waals surface area contributed by atoms with Gasteiger partial charge in [-0.2, -0.15) is 9.40 Å². The second-order valence-electron chi connectivity index (χ2n) is 8.42. The number of thiophene rings is 1. The summed E-state index contributed by atoms with van der Waals surface area (Å²) in [6, 6.07) is 19.7. The van der Waals surface area contributed by atoms with Crippen LogP contribution in [0.15, 0.2) is 77.0 Å². The number of para-hydroxylation sites is 1. The largest absolute Gasteiger partial charge is 0.495 e. The van der Waals surface area contributed by atoms with Gasteiger partial charge in [-0.15, -0.1) is 11.3 Å². The third kappa shape index (κ3) is 4.79. The predicted octanol–water partition coefficient (Wildman–Crippen LogP) is 5.04. The number of piperidine rings is 1. The summed E-state index contributed by atoms with van der Waals surface area (Å²) < 4.78 is 35.2. The van der Waals surface area contributed by atoms with E-state index in [9.17, 15) is 13.2 Å². The minimum atomic E-state index is -3.76. The number of anilines is 1. The Kier molecular flexibility index (Phi) is 6.90. The van der Waals surface area contributed by atoms with E-state index >= 15 is 0 Å². The fourth-order valence-corrected chi connectivity index (χ4v) is 6.63. The molecule has 186 valence electrons. The summed E-state index contributed by atoms with van der Waals surface area (Å²) >= 11 is 1.54. The lowest BCUT2D eigenvalue weighted by Gasteiger charge is -2.26. The topological polar surface area (TPSA) is 93.5 Å². The smallest absolute Gasteiger partial charge is 0.274 e. The maximum Gasteiger partial charge on any atom is 0.274 e. The van der Waals surface area contributed by atoms with Gasteiger partial charge in [0.15, 0.2) is 0 Å². The molecule has 5 rings (SSSR count). The van der Waals surface area contributed by atoms with Gasteiger partial charge >= 0.3 is 0 Å². The lowest BCUT2D eigenvalue weighted by atomic mass is 10.2. The molecule has 1 aliphatic rings. The van der Waals surface area contributed by atoms with Crippen LogP contribution in [0.3, 0.4) is 0 Å². The van der Waals surface area contributed by atoms with Crippen molar-refractivity contribution in [2.24, 2.45) is 0 Å². The molecule has 1 N–H and O–H groups in total. The molecular formula is C26H26N4O4S2. The molecule has 0 saturated carbocycles. The molecule has 10 heteroatoms. The second-order valence-corrected chi connectivity index (χ2v) is 11.3. The Morgan fingerprint density at radius 2 is 1.78 bits per heavy atom. The third-order valence-corrected chi connectivity index (χ3v) is 8.88. The highest BCUT2D eigenvalue weighted by Gasteiger charge is 2.29. The van der Waals surface area contributed by atoms with Crippen LogP contribution in [0.5, 0.6) is 5.75 Å². The van der Waals surface area contributed by atoms with Gasteiger partial charge in [0.25, 0.3) is 5.91 Å². The van der Waals surface area contributed by atoms with Crippen LogP contribution >= 0.6 is 11.3 Å². The lowest BCUT2D eigenvalue weighted by molar-refractivity contribution is 0.101. The highest BCUT2D eigenvalue weighted by atomic mass is 32.2. The molecule has 0 atom stereocenters. The van der Waals surface area contributed by atoms with Crippen LogP contribution in [0, 0.1) is 0 Å². The molecule has 3 heterocycles. The Bertz CT molecular complexity index is 1460. The van der Waals surface area contributed by atoms with E-state index in [0.717, 1.165) is 29.8 Å². The zero-order valence-electron chi connectivity index (χ0n) is 19.8. The molecule has 1 saturated heterocycles. The molecule has 2 aromatic heterocycles. The van der Waals surface area contributed by atoms with Crippen molar-refractivity contribution in [3.8, 4) is 22.0 Å². The SMILES string of the molecule is COc1ccc(NC(=O)c2cc(-c3cccs3)nn2-c2ccccc2)cc1S(=O)(=O)N1CCCCC1. The van der Waals surface area contributed by atoms with Crippen LogP contribution in [-0.2, 0) is 10.0 Å². The maximum absolute atomic E-state index is 13.4. The Balaban J connectivity index is 1.49. The molecule has 4 aromatic rings. The van der Waals surface area contributed by atoms with Crippen molar-refractivity contribution < 1.29 is 17.9 Å². The molecule has 8 nitrogen and oxygen atoms in total. The quantitative estimate of drug-likeness (QED) is 0.367. The molecular weight excluding hydrogens is 496 g/mol. The first-order chi connectivity index (χ1) is 17.5. The van der Waals surface area contributed by atoms with Crippen LogP contribution in [0.25, 0.3) is 16.3 Å². The molecule has 1 aliphatic heterocycles. The molecule has 1 amide bonds. The Labute approximate surface area is 214 Å². The maximum atomic E-state index is 13.4. The number of carbonyl (C=O) groups is 1. The fourth-order valence-electron chi connectivity index (χ4n) is 4.25. The summed E-state index contributed by atoms with van der Waals surface area (Å²) in [7, 11) is -2.33.